The summed E-state index contributed by atoms with van der Waals surface area (Å²) in [5.74, 6) is -10.4. The normalized spacial score (nSPS) is 22.1. The van der Waals surface area contributed by atoms with Gasteiger partial charge in [0.25, 0.3) is 0 Å². The van der Waals surface area contributed by atoms with Gasteiger partial charge in [-0.3, -0.25) is 9.59 Å². The van der Waals surface area contributed by atoms with Crippen molar-refractivity contribution >= 4 is 58.2 Å². The van der Waals surface area contributed by atoms with Crippen molar-refractivity contribution in [3.8, 4) is 33.9 Å². The minimum atomic E-state index is -1.71. The van der Waals surface area contributed by atoms with Gasteiger partial charge >= 0.3 is 0 Å². The van der Waals surface area contributed by atoms with Crippen molar-refractivity contribution in [1.82, 2.24) is 70.2 Å². The number of aliphatic hydroxyl groups is 4. The molecule has 6 N–H and O–H groups in total. The van der Waals surface area contributed by atoms with E-state index in [9.17, 15) is 56.4 Å². The summed E-state index contributed by atoms with van der Waals surface area (Å²) in [4.78, 5) is 36.3. The van der Waals surface area contributed by atoms with Crippen LogP contribution < -0.4 is 10.6 Å². The smallest absolute Gasteiger partial charge is 0.246 e. The highest BCUT2D eigenvalue weighted by atomic mass is 35.5. The second-order valence-electron chi connectivity index (χ2n) is 20.2. The van der Waals surface area contributed by atoms with Crippen LogP contribution in [0.1, 0.15) is 60.4 Å². The molecule has 8 aromatic rings. The molecule has 0 bridgehead atoms. The van der Waals surface area contributed by atoms with Crippen LogP contribution in [0.4, 0.5) is 26.3 Å². The lowest BCUT2D eigenvalue weighted by Gasteiger charge is -2.43. The predicted molar refractivity (Wildman–Crippen MR) is 297 cm³/mol. The zero-order valence-corrected chi connectivity index (χ0v) is 48.8. The number of aromatic nitrogens is 12. The molecule has 0 saturated carbocycles. The first-order chi connectivity index (χ1) is 42.1. The molecular weight excluding hydrogens is 1260 g/mol. The van der Waals surface area contributed by atoms with Gasteiger partial charge < -0.3 is 50.0 Å². The third-order valence-electron chi connectivity index (χ3n) is 14.2. The van der Waals surface area contributed by atoms with Gasteiger partial charge in [0.15, 0.2) is 46.6 Å². The van der Waals surface area contributed by atoms with Crippen LogP contribution in [-0.4, -0.2) is 168 Å². The van der Waals surface area contributed by atoms with Crippen molar-refractivity contribution in [2.75, 3.05) is 39.5 Å². The molecule has 2 fully saturated rings. The molecule has 6 heterocycles. The number of nitrogens with one attached hydrogen (secondary N) is 2. The maximum Gasteiger partial charge on any atom is 0.246 e. The SMILES string of the molecule is Cc1nc([C@H]2O[C@@H](CO)[C@@H](O)[C@@H](n3cc(-c4cc(F)c(F)c(F)c4)nn3)[C@@H]2OCC(=O)NCCCCNC(=O)CO[C@@H]2[C@@H](n3cc(-c4cc(F)c(F)c(F)c4)nn3)[C@@H](O)[C@@H](CO)O[C@H]2c2nc(C)nn2-c2cc(Cl)ccc2Cl)n(-c2cc(Cl)ccc2Cl)n1. The fraction of sp³-hybridized carbons (Fsp3) is 0.370. The van der Waals surface area contributed by atoms with E-state index in [0.717, 1.165) is 9.36 Å². The molecule has 2 amide bonds. The highest BCUT2D eigenvalue weighted by Crippen LogP contribution is 2.43. The lowest BCUT2D eigenvalue weighted by atomic mass is 9.91. The molecule has 10 rings (SSSR count). The summed E-state index contributed by atoms with van der Waals surface area (Å²) in [7, 11) is 0. The number of nitrogens with zero attached hydrogens (tertiary/aromatic N) is 12. The van der Waals surface area contributed by atoms with Crippen molar-refractivity contribution < 1.29 is 75.3 Å². The zero-order chi connectivity index (χ0) is 62.8. The summed E-state index contributed by atoms with van der Waals surface area (Å²) in [5.41, 5.74) is -0.262. The molecule has 466 valence electrons. The van der Waals surface area contributed by atoms with E-state index in [1.165, 1.54) is 58.2 Å². The molecule has 2 aliphatic rings. The number of unbranched alkanes of at least 4 members (excludes halogenated alkanes) is 1. The van der Waals surface area contributed by atoms with E-state index in [1.54, 1.807) is 13.8 Å². The Morgan fingerprint density at radius 2 is 0.966 bits per heavy atom. The fourth-order valence-electron chi connectivity index (χ4n) is 10.1. The highest BCUT2D eigenvalue weighted by Gasteiger charge is 2.52. The summed E-state index contributed by atoms with van der Waals surface area (Å²) in [5, 5.41) is 76.1. The first kappa shape index (κ1) is 63.8. The van der Waals surface area contributed by atoms with Crippen LogP contribution in [-0.2, 0) is 28.5 Å². The summed E-state index contributed by atoms with van der Waals surface area (Å²) in [6.45, 7) is 0.266. The molecule has 4 aromatic heterocycles. The number of hydrogen-bond donors (Lipinski definition) is 6. The van der Waals surface area contributed by atoms with Gasteiger partial charge in [0.1, 0.15) is 97.2 Å². The van der Waals surface area contributed by atoms with Gasteiger partial charge in [-0.25, -0.2) is 55.0 Å². The van der Waals surface area contributed by atoms with E-state index in [0.29, 0.717) is 24.3 Å². The van der Waals surface area contributed by atoms with Gasteiger partial charge in [0, 0.05) is 34.3 Å². The Bertz CT molecular complexity index is 3580. The monoisotopic (exact) mass is 1310 g/mol. The lowest BCUT2D eigenvalue weighted by Crippen LogP contribution is -2.54. The number of carbonyl (C=O) groups is 2. The Hall–Kier alpha value is -7.20. The van der Waals surface area contributed by atoms with Crippen LogP contribution in [0.15, 0.2) is 73.1 Å². The first-order valence-corrected chi connectivity index (χ1v) is 28.2. The average Bonchev–Trinajstić information content (AvgIpc) is 1.59. The van der Waals surface area contributed by atoms with E-state index < -0.39 is 134 Å². The number of ether oxygens (including phenoxy) is 4. The number of benzene rings is 4. The maximum absolute atomic E-state index is 14.4. The standard InChI is InChI=1S/C54H50Cl4F6N14O10/c1-23-67-53(77(71-23)37-15-27(55)5-7-29(37)57)51-49(45(47(83)39(19-79)87-51)75-17-35(69-73-75)25-11-31(59)43(63)32(60)12-25)85-21-41(81)65-9-3-4-10-66-42(82)22-86-50-46(76-18-36(70-74-76)26-13-33(61)44(64)34(62)14-26)48(84)40(20-80)88-52(50)54-68-24(2)72-78(54)38-16-28(56)6-8-30(38)58/h5-8,11-18,39-40,45-52,79-80,83-84H,3-4,9-10,19-22H2,1-2H3,(H,65,81)(H,66,82)/t39-,40+,45+,46-,47+,48-,49-,50+,51-,52+. The topological polar surface area (TPSA) is 299 Å². The maximum atomic E-state index is 14.4. The number of aliphatic hydroxyl groups excluding tert-OH is 4. The molecule has 4 aromatic carbocycles. The predicted octanol–water partition coefficient (Wildman–Crippen LogP) is 5.98. The molecule has 0 aliphatic carbocycles. The van der Waals surface area contributed by atoms with Gasteiger partial charge in [-0.1, -0.05) is 56.8 Å². The second-order valence-corrected chi connectivity index (χ2v) is 21.9. The van der Waals surface area contributed by atoms with E-state index in [-0.39, 0.29) is 103 Å². The van der Waals surface area contributed by atoms with Gasteiger partial charge in [0.2, 0.25) is 11.8 Å². The molecular formula is C54H50Cl4F6N14O10. The van der Waals surface area contributed by atoms with Crippen LogP contribution >= 0.6 is 46.4 Å². The number of amides is 2. The second kappa shape index (κ2) is 27.3. The van der Waals surface area contributed by atoms with Crippen LogP contribution in [0.2, 0.25) is 20.1 Å². The molecule has 2 aliphatic heterocycles. The quantitative estimate of drug-likeness (QED) is 0.0274. The van der Waals surface area contributed by atoms with Crippen molar-refractivity contribution in [3.63, 3.8) is 0 Å². The fourth-order valence-corrected chi connectivity index (χ4v) is 10.9. The van der Waals surface area contributed by atoms with Crippen LogP contribution in [0.5, 0.6) is 0 Å². The van der Waals surface area contributed by atoms with E-state index >= 15 is 0 Å². The van der Waals surface area contributed by atoms with E-state index in [1.807, 2.05) is 0 Å². The van der Waals surface area contributed by atoms with Crippen LogP contribution in [0.3, 0.4) is 0 Å². The molecule has 0 spiro atoms. The van der Waals surface area contributed by atoms with E-state index in [2.05, 4.69) is 51.4 Å². The average molecular weight is 1310 g/mol. The third-order valence-corrected chi connectivity index (χ3v) is 15.4. The van der Waals surface area contributed by atoms with Gasteiger partial charge in [0.05, 0.1) is 47.0 Å². The number of hydrogen-bond acceptors (Lipinski definition) is 18. The molecule has 10 atom stereocenters. The number of carbonyl (C=O) groups excluding carboxylic acids is 2. The van der Waals surface area contributed by atoms with Crippen molar-refractivity contribution in [2.24, 2.45) is 0 Å². The highest BCUT2D eigenvalue weighted by molar-refractivity contribution is 6.35. The largest absolute Gasteiger partial charge is 0.394 e. The number of aryl methyl sites for hydroxylation is 2. The minimum Gasteiger partial charge on any atom is -0.394 e. The van der Waals surface area contributed by atoms with Crippen LogP contribution in [0.25, 0.3) is 33.9 Å². The van der Waals surface area contributed by atoms with Crippen LogP contribution in [0, 0.1) is 48.8 Å². The third kappa shape index (κ3) is 13.5. The molecule has 0 unspecified atom stereocenters. The Labute approximate surface area is 513 Å². The summed E-state index contributed by atoms with van der Waals surface area (Å²) in [6.07, 6.45) is -8.81. The van der Waals surface area contributed by atoms with Gasteiger partial charge in [-0.2, -0.15) is 10.2 Å². The Morgan fingerprint density at radius 1 is 0.591 bits per heavy atom. The summed E-state index contributed by atoms with van der Waals surface area (Å²) in [6, 6.07) is 9.09. The Kier molecular flexibility index (Phi) is 19.8. The lowest BCUT2D eigenvalue weighted by molar-refractivity contribution is -0.223. The molecule has 0 radical (unpaired) electrons. The molecule has 88 heavy (non-hydrogen) atoms. The Morgan fingerprint density at radius 3 is 1.33 bits per heavy atom. The summed E-state index contributed by atoms with van der Waals surface area (Å²) < 4.78 is 115. The molecule has 24 nitrogen and oxygen atoms in total. The Balaban J connectivity index is 0.825. The minimum absolute atomic E-state index is 0.0150. The van der Waals surface area contributed by atoms with Crippen molar-refractivity contribution in [2.45, 2.75) is 87.6 Å². The summed E-state index contributed by atoms with van der Waals surface area (Å²) >= 11 is 25.9. The number of halogens is 10. The van der Waals surface area contributed by atoms with Gasteiger partial charge in [-0.15, -0.1) is 10.2 Å². The first-order valence-electron chi connectivity index (χ1n) is 26.7. The van der Waals surface area contributed by atoms with Crippen molar-refractivity contribution in [3.05, 3.63) is 151 Å². The molecule has 2 saturated heterocycles. The van der Waals surface area contributed by atoms with Crippen molar-refractivity contribution in [1.29, 1.82) is 0 Å². The van der Waals surface area contributed by atoms with E-state index in [4.69, 9.17) is 65.4 Å². The zero-order valence-electron chi connectivity index (χ0n) is 45.7. The number of rotatable bonds is 21. The molecule has 34 heteroatoms. The van der Waals surface area contributed by atoms with Gasteiger partial charge in [-0.05, 0) is 87.4 Å².